The molecule has 5 heteroatoms. The van der Waals surface area contributed by atoms with Gasteiger partial charge in [0.05, 0.1) is 0 Å². The zero-order valence-corrected chi connectivity index (χ0v) is 8.02. The quantitative estimate of drug-likeness (QED) is 0.416. The highest BCUT2D eigenvalue weighted by atomic mass is 32.1. The second-order valence-electron chi connectivity index (χ2n) is 2.60. The Morgan fingerprint density at radius 2 is 2.25 bits per heavy atom. The van der Waals surface area contributed by atoms with E-state index < -0.39 is 0 Å². The van der Waals surface area contributed by atoms with Crippen LogP contribution in [0.4, 0.5) is 5.13 Å². The number of nitrogen functional groups attached to an aromatic ring is 1. The normalized spacial score (nSPS) is 10.2. The number of aromatic nitrogens is 2. The topological polar surface area (TPSA) is 63.8 Å². The zero-order chi connectivity index (χ0) is 8.81. The van der Waals surface area contributed by atoms with Gasteiger partial charge in [-0.3, -0.25) is 5.43 Å². The summed E-state index contributed by atoms with van der Waals surface area (Å²) in [7, 11) is 0. The molecule has 0 fully saturated rings. The van der Waals surface area contributed by atoms with Gasteiger partial charge >= 0.3 is 0 Å². The Morgan fingerprint density at radius 1 is 1.42 bits per heavy atom. The lowest BCUT2D eigenvalue weighted by molar-refractivity contribution is 0.710. The summed E-state index contributed by atoms with van der Waals surface area (Å²) in [6.45, 7) is 2.19. The summed E-state index contributed by atoms with van der Waals surface area (Å²) in [5, 5.41) is 9.59. The highest BCUT2D eigenvalue weighted by Crippen LogP contribution is 2.15. The molecule has 4 nitrogen and oxygen atoms in total. The van der Waals surface area contributed by atoms with Crippen molar-refractivity contribution in [1.29, 1.82) is 0 Å². The molecule has 1 rings (SSSR count). The number of rotatable bonds is 5. The van der Waals surface area contributed by atoms with Gasteiger partial charge in [0.15, 0.2) is 0 Å². The summed E-state index contributed by atoms with van der Waals surface area (Å²) < 4.78 is 0. The van der Waals surface area contributed by atoms with E-state index in [9.17, 15) is 0 Å². The smallest absolute Gasteiger partial charge is 0.219 e. The molecule has 0 bridgehead atoms. The molecule has 68 valence electrons. The summed E-state index contributed by atoms with van der Waals surface area (Å²) in [5.41, 5.74) is 2.48. The standard InChI is InChI=1S/C7H14N4S/c1-2-3-4-5-6-10-11-7(9-8)12-6/h2-5,8H2,1H3,(H,9,11). The maximum Gasteiger partial charge on any atom is 0.219 e. The SMILES string of the molecule is CCCCCc1nnc(NN)s1. The average Bonchev–Trinajstić information content (AvgIpc) is 2.53. The molecule has 0 saturated heterocycles. The van der Waals surface area contributed by atoms with E-state index in [0.717, 1.165) is 11.4 Å². The number of unbranched alkanes of at least 4 members (excludes halogenated alkanes) is 2. The fourth-order valence-electron chi connectivity index (χ4n) is 0.939. The molecular formula is C7H14N4S. The highest BCUT2D eigenvalue weighted by Gasteiger charge is 2.00. The molecule has 3 N–H and O–H groups in total. The van der Waals surface area contributed by atoms with Gasteiger partial charge < -0.3 is 0 Å². The number of hydrogen-bond donors (Lipinski definition) is 2. The van der Waals surface area contributed by atoms with Gasteiger partial charge in [0.25, 0.3) is 0 Å². The Bertz CT molecular complexity index is 223. The van der Waals surface area contributed by atoms with Crippen molar-refractivity contribution in [2.24, 2.45) is 5.84 Å². The van der Waals surface area contributed by atoms with Crippen molar-refractivity contribution < 1.29 is 0 Å². The largest absolute Gasteiger partial charge is 0.298 e. The van der Waals surface area contributed by atoms with Crippen molar-refractivity contribution in [1.82, 2.24) is 10.2 Å². The molecule has 0 amide bonds. The molecule has 12 heavy (non-hydrogen) atoms. The Labute approximate surface area is 76.2 Å². The molecule has 0 aliphatic carbocycles. The van der Waals surface area contributed by atoms with Crippen LogP contribution >= 0.6 is 11.3 Å². The Morgan fingerprint density at radius 3 is 2.83 bits per heavy atom. The van der Waals surface area contributed by atoms with Crippen LogP contribution in [0.1, 0.15) is 31.2 Å². The van der Waals surface area contributed by atoms with Crippen LogP contribution < -0.4 is 11.3 Å². The summed E-state index contributed by atoms with van der Waals surface area (Å²) in [5.74, 6) is 5.18. The number of nitrogens with two attached hydrogens (primary N) is 1. The first-order valence-corrected chi connectivity index (χ1v) is 4.97. The number of nitrogens with one attached hydrogen (secondary N) is 1. The second-order valence-corrected chi connectivity index (χ2v) is 3.66. The summed E-state index contributed by atoms with van der Waals surface area (Å²) in [4.78, 5) is 0. The molecule has 1 heterocycles. The molecule has 0 radical (unpaired) electrons. The van der Waals surface area contributed by atoms with E-state index >= 15 is 0 Å². The summed E-state index contributed by atoms with van der Waals surface area (Å²) >= 11 is 1.52. The van der Waals surface area contributed by atoms with Crippen LogP contribution in [-0.4, -0.2) is 10.2 Å². The van der Waals surface area contributed by atoms with Crippen molar-refractivity contribution >= 4 is 16.5 Å². The van der Waals surface area contributed by atoms with E-state index in [1.807, 2.05) is 0 Å². The van der Waals surface area contributed by atoms with Crippen molar-refractivity contribution in [3.63, 3.8) is 0 Å². The van der Waals surface area contributed by atoms with Crippen LogP contribution in [-0.2, 0) is 6.42 Å². The monoisotopic (exact) mass is 186 g/mol. The fraction of sp³-hybridized carbons (Fsp3) is 0.714. The minimum atomic E-state index is 0.696. The average molecular weight is 186 g/mol. The van der Waals surface area contributed by atoms with Gasteiger partial charge in [-0.1, -0.05) is 31.1 Å². The van der Waals surface area contributed by atoms with Gasteiger partial charge in [-0.15, -0.1) is 10.2 Å². The molecule has 1 aromatic rings. The van der Waals surface area contributed by atoms with E-state index in [-0.39, 0.29) is 0 Å². The zero-order valence-electron chi connectivity index (χ0n) is 7.21. The number of hydrogen-bond acceptors (Lipinski definition) is 5. The van der Waals surface area contributed by atoms with Gasteiger partial charge in [0.1, 0.15) is 5.01 Å². The Balaban J connectivity index is 2.31. The first kappa shape index (κ1) is 9.41. The van der Waals surface area contributed by atoms with E-state index in [1.165, 1.54) is 30.6 Å². The van der Waals surface area contributed by atoms with Crippen molar-refractivity contribution in [3.8, 4) is 0 Å². The minimum Gasteiger partial charge on any atom is -0.298 e. The summed E-state index contributed by atoms with van der Waals surface area (Å²) in [6, 6.07) is 0. The third-order valence-electron chi connectivity index (χ3n) is 1.58. The van der Waals surface area contributed by atoms with E-state index in [2.05, 4.69) is 22.5 Å². The van der Waals surface area contributed by atoms with Crippen LogP contribution in [0, 0.1) is 0 Å². The first-order valence-electron chi connectivity index (χ1n) is 4.15. The van der Waals surface area contributed by atoms with Crippen molar-refractivity contribution in [2.75, 3.05) is 5.43 Å². The molecule has 0 aromatic carbocycles. The predicted molar refractivity (Wildman–Crippen MR) is 50.9 cm³/mol. The van der Waals surface area contributed by atoms with Crippen molar-refractivity contribution in [2.45, 2.75) is 32.6 Å². The van der Waals surface area contributed by atoms with Crippen LogP contribution in [0.3, 0.4) is 0 Å². The predicted octanol–water partition coefficient (Wildman–Crippen LogP) is 1.56. The third-order valence-corrected chi connectivity index (χ3v) is 2.50. The third kappa shape index (κ3) is 2.75. The molecule has 0 spiro atoms. The van der Waals surface area contributed by atoms with Gasteiger partial charge in [0.2, 0.25) is 5.13 Å². The maximum absolute atomic E-state index is 5.18. The molecule has 1 aromatic heterocycles. The van der Waals surface area contributed by atoms with Gasteiger partial charge in [-0.2, -0.15) is 0 Å². The highest BCUT2D eigenvalue weighted by molar-refractivity contribution is 7.15. The minimum absolute atomic E-state index is 0.696. The van der Waals surface area contributed by atoms with Gasteiger partial charge in [-0.25, -0.2) is 5.84 Å². The van der Waals surface area contributed by atoms with Crippen LogP contribution in [0.5, 0.6) is 0 Å². The lowest BCUT2D eigenvalue weighted by Crippen LogP contribution is -2.05. The number of hydrazine groups is 1. The molecule has 0 unspecified atom stereocenters. The molecule has 0 atom stereocenters. The Kier molecular flexibility index (Phi) is 3.96. The number of nitrogens with zero attached hydrogens (tertiary/aromatic N) is 2. The van der Waals surface area contributed by atoms with E-state index in [0.29, 0.717) is 5.13 Å². The molecule has 0 saturated carbocycles. The van der Waals surface area contributed by atoms with Crippen molar-refractivity contribution in [3.05, 3.63) is 5.01 Å². The second kappa shape index (κ2) is 5.05. The molecule has 0 aliphatic heterocycles. The lowest BCUT2D eigenvalue weighted by atomic mass is 10.2. The van der Waals surface area contributed by atoms with E-state index in [1.54, 1.807) is 0 Å². The van der Waals surface area contributed by atoms with Crippen LogP contribution in [0.2, 0.25) is 0 Å². The molecule has 0 aliphatic rings. The number of aryl methyl sites for hydroxylation is 1. The van der Waals surface area contributed by atoms with E-state index in [4.69, 9.17) is 5.84 Å². The first-order chi connectivity index (χ1) is 5.86. The summed E-state index contributed by atoms with van der Waals surface area (Å²) in [6.07, 6.45) is 4.70. The lowest BCUT2D eigenvalue weighted by Gasteiger charge is -1.92. The maximum atomic E-state index is 5.18. The van der Waals surface area contributed by atoms with Gasteiger partial charge in [0, 0.05) is 6.42 Å². The fourth-order valence-corrected chi connectivity index (χ4v) is 1.63. The van der Waals surface area contributed by atoms with Crippen LogP contribution in [0.15, 0.2) is 0 Å². The number of anilines is 1. The Hall–Kier alpha value is -0.680. The van der Waals surface area contributed by atoms with Crippen LogP contribution in [0.25, 0.3) is 0 Å². The van der Waals surface area contributed by atoms with Gasteiger partial charge in [-0.05, 0) is 6.42 Å². The molecular weight excluding hydrogens is 172 g/mol.